The fourth-order valence-electron chi connectivity index (χ4n) is 3.30. The van der Waals surface area contributed by atoms with Crippen LogP contribution in [0.5, 0.6) is 17.2 Å². The van der Waals surface area contributed by atoms with Crippen LogP contribution in [0.1, 0.15) is 24.5 Å². The number of hydrazone groups is 1. The molecule has 1 aliphatic rings. The molecule has 2 aromatic carbocycles. The second-order valence-electron chi connectivity index (χ2n) is 6.37. The van der Waals surface area contributed by atoms with Crippen molar-refractivity contribution >= 4 is 18.2 Å². The molecule has 0 aliphatic carbocycles. The Morgan fingerprint density at radius 2 is 1.62 bits per heavy atom. The molecule has 0 aromatic heterocycles. The molecule has 1 heterocycles. The fourth-order valence-corrected chi connectivity index (χ4v) is 3.30. The third kappa shape index (κ3) is 3.49. The number of hydrogen-bond donors (Lipinski definition) is 1. The molecule has 8 heteroatoms. The van der Waals surface area contributed by atoms with Gasteiger partial charge in [-0.2, -0.15) is 5.10 Å². The van der Waals surface area contributed by atoms with Gasteiger partial charge in [-0.05, 0) is 18.1 Å². The topological polar surface area (TPSA) is 89.5 Å². The van der Waals surface area contributed by atoms with E-state index in [2.05, 4.69) is 10.4 Å². The Morgan fingerprint density at radius 1 is 1.00 bits per heavy atom. The monoisotopic (exact) mass is 397 g/mol. The minimum Gasteiger partial charge on any atom is -0.496 e. The summed E-state index contributed by atoms with van der Waals surface area (Å²) in [5.41, 5.74) is 0.0962. The van der Waals surface area contributed by atoms with Crippen molar-refractivity contribution in [3.8, 4) is 17.2 Å². The summed E-state index contributed by atoms with van der Waals surface area (Å²) in [5.74, 6) is 0.986. The highest BCUT2D eigenvalue weighted by Crippen LogP contribution is 2.35. The quantitative estimate of drug-likeness (QED) is 0.573. The number of ether oxygens (including phenoxy) is 3. The van der Waals surface area contributed by atoms with Gasteiger partial charge in [0, 0.05) is 11.6 Å². The molecular weight excluding hydrogens is 374 g/mol. The molecule has 1 saturated heterocycles. The number of urea groups is 1. The highest BCUT2D eigenvalue weighted by Gasteiger charge is 2.51. The summed E-state index contributed by atoms with van der Waals surface area (Å²) in [6.07, 6.45) is 1.78. The van der Waals surface area contributed by atoms with Crippen LogP contribution in [0.25, 0.3) is 0 Å². The SMILES string of the molecule is CC[C@@]1(c2ccccc2)NC(=O)N(/N=C\c2cc(OC)c(OC)cc2OC)C1=O. The van der Waals surface area contributed by atoms with Gasteiger partial charge < -0.3 is 19.5 Å². The number of benzene rings is 2. The molecule has 3 rings (SSSR count). The molecule has 0 spiro atoms. The van der Waals surface area contributed by atoms with Crippen LogP contribution in [0.2, 0.25) is 0 Å². The maximum atomic E-state index is 13.1. The number of carbonyl (C=O) groups is 2. The normalized spacial score (nSPS) is 18.8. The van der Waals surface area contributed by atoms with Crippen LogP contribution >= 0.6 is 0 Å². The Bertz CT molecular complexity index is 945. The average Bonchev–Trinajstić information content (AvgIpc) is 3.02. The molecule has 1 aliphatic heterocycles. The lowest BCUT2D eigenvalue weighted by Gasteiger charge is -2.24. The Kier molecular flexibility index (Phi) is 5.72. The van der Waals surface area contributed by atoms with E-state index in [1.54, 1.807) is 12.1 Å². The second kappa shape index (κ2) is 8.22. The van der Waals surface area contributed by atoms with Crippen molar-refractivity contribution in [3.05, 3.63) is 53.6 Å². The lowest BCUT2D eigenvalue weighted by Crippen LogP contribution is -2.43. The summed E-state index contributed by atoms with van der Waals surface area (Å²) in [6, 6.07) is 11.8. The van der Waals surface area contributed by atoms with Crippen LogP contribution < -0.4 is 19.5 Å². The number of nitrogens with one attached hydrogen (secondary N) is 1. The Balaban J connectivity index is 1.96. The molecule has 1 N–H and O–H groups in total. The van der Waals surface area contributed by atoms with Crippen LogP contribution in [0, 0.1) is 0 Å². The van der Waals surface area contributed by atoms with Crippen molar-refractivity contribution in [2.75, 3.05) is 21.3 Å². The van der Waals surface area contributed by atoms with E-state index in [1.807, 2.05) is 37.3 Å². The number of imide groups is 1. The van der Waals surface area contributed by atoms with Crippen LogP contribution in [-0.4, -0.2) is 44.5 Å². The highest BCUT2D eigenvalue weighted by atomic mass is 16.5. The molecule has 8 nitrogen and oxygen atoms in total. The van der Waals surface area contributed by atoms with Gasteiger partial charge in [-0.1, -0.05) is 37.3 Å². The minimum absolute atomic E-state index is 0.396. The zero-order valence-electron chi connectivity index (χ0n) is 16.8. The van der Waals surface area contributed by atoms with E-state index >= 15 is 0 Å². The third-order valence-electron chi connectivity index (χ3n) is 4.92. The smallest absolute Gasteiger partial charge is 0.346 e. The Hall–Kier alpha value is -3.55. The molecule has 29 heavy (non-hydrogen) atoms. The number of rotatable bonds is 7. The molecule has 2 aromatic rings. The summed E-state index contributed by atoms with van der Waals surface area (Å²) < 4.78 is 15.9. The van der Waals surface area contributed by atoms with Gasteiger partial charge in [-0.15, -0.1) is 5.01 Å². The molecule has 152 valence electrons. The van der Waals surface area contributed by atoms with E-state index in [9.17, 15) is 9.59 Å². The molecule has 1 atom stereocenters. The minimum atomic E-state index is -1.14. The molecule has 0 saturated carbocycles. The van der Waals surface area contributed by atoms with Crippen LogP contribution in [-0.2, 0) is 10.3 Å². The first-order chi connectivity index (χ1) is 14.0. The van der Waals surface area contributed by atoms with E-state index in [0.717, 1.165) is 5.01 Å². The first kappa shape index (κ1) is 20.2. The van der Waals surface area contributed by atoms with Crippen molar-refractivity contribution in [2.45, 2.75) is 18.9 Å². The van der Waals surface area contributed by atoms with E-state index < -0.39 is 17.5 Å². The third-order valence-corrected chi connectivity index (χ3v) is 4.92. The molecule has 3 amide bonds. The summed E-state index contributed by atoms with van der Waals surface area (Å²) >= 11 is 0. The average molecular weight is 397 g/mol. The van der Waals surface area contributed by atoms with Crippen LogP contribution in [0.3, 0.4) is 0 Å². The van der Waals surface area contributed by atoms with Crippen molar-refractivity contribution < 1.29 is 23.8 Å². The van der Waals surface area contributed by atoms with Gasteiger partial charge in [0.05, 0.1) is 27.5 Å². The number of hydrogen-bond acceptors (Lipinski definition) is 6. The number of nitrogens with zero attached hydrogens (tertiary/aromatic N) is 2. The van der Waals surface area contributed by atoms with Gasteiger partial charge in [0.2, 0.25) is 0 Å². The van der Waals surface area contributed by atoms with Crippen molar-refractivity contribution in [2.24, 2.45) is 5.10 Å². The second-order valence-corrected chi connectivity index (χ2v) is 6.37. The summed E-state index contributed by atoms with van der Waals surface area (Å²) in [7, 11) is 4.54. The van der Waals surface area contributed by atoms with Crippen LogP contribution in [0.4, 0.5) is 4.79 Å². The molecule has 0 radical (unpaired) electrons. The Morgan fingerprint density at radius 3 is 2.21 bits per heavy atom. The van der Waals surface area contributed by atoms with Gasteiger partial charge in [0.1, 0.15) is 11.3 Å². The van der Waals surface area contributed by atoms with Crippen molar-refractivity contribution in [3.63, 3.8) is 0 Å². The number of carbonyl (C=O) groups excluding carboxylic acids is 2. The zero-order chi connectivity index (χ0) is 21.0. The highest BCUT2D eigenvalue weighted by molar-refractivity contribution is 6.08. The van der Waals surface area contributed by atoms with Gasteiger partial charge >= 0.3 is 6.03 Å². The standard InChI is InChI=1S/C21H23N3O5/c1-5-21(15-9-7-6-8-10-15)19(25)24(20(26)23-21)22-13-14-11-17(28-3)18(29-4)12-16(14)27-2/h6-13H,5H2,1-4H3,(H,23,26)/b22-13-/t21-/m0/s1. The maximum Gasteiger partial charge on any atom is 0.346 e. The van der Waals surface area contributed by atoms with Crippen molar-refractivity contribution in [1.29, 1.82) is 0 Å². The Labute approximate surface area is 169 Å². The number of methoxy groups -OCH3 is 3. The lowest BCUT2D eigenvalue weighted by molar-refractivity contribution is -0.131. The largest absolute Gasteiger partial charge is 0.496 e. The lowest BCUT2D eigenvalue weighted by atomic mass is 9.87. The fraction of sp³-hybridized carbons (Fsp3) is 0.286. The summed E-state index contributed by atoms with van der Waals surface area (Å²) in [6.45, 7) is 1.84. The summed E-state index contributed by atoms with van der Waals surface area (Å²) in [4.78, 5) is 25.7. The zero-order valence-corrected chi connectivity index (χ0v) is 16.8. The van der Waals surface area contributed by atoms with Gasteiger partial charge in [-0.3, -0.25) is 4.79 Å². The predicted octanol–water partition coefficient (Wildman–Crippen LogP) is 2.90. The van der Waals surface area contributed by atoms with Gasteiger partial charge in [0.15, 0.2) is 11.5 Å². The first-order valence-electron chi connectivity index (χ1n) is 9.07. The first-order valence-corrected chi connectivity index (χ1v) is 9.07. The number of amides is 3. The van der Waals surface area contributed by atoms with Crippen LogP contribution in [0.15, 0.2) is 47.6 Å². The molecular formula is C21H23N3O5. The van der Waals surface area contributed by atoms with Gasteiger partial charge in [-0.25, -0.2) is 4.79 Å². The maximum absolute atomic E-state index is 13.1. The van der Waals surface area contributed by atoms with Crippen molar-refractivity contribution in [1.82, 2.24) is 10.3 Å². The van der Waals surface area contributed by atoms with E-state index in [1.165, 1.54) is 27.5 Å². The molecule has 0 bridgehead atoms. The summed E-state index contributed by atoms with van der Waals surface area (Å²) in [5, 5.41) is 7.76. The van der Waals surface area contributed by atoms with E-state index in [0.29, 0.717) is 34.8 Å². The predicted molar refractivity (Wildman–Crippen MR) is 107 cm³/mol. The molecule has 0 unspecified atom stereocenters. The van der Waals surface area contributed by atoms with E-state index in [4.69, 9.17) is 14.2 Å². The van der Waals surface area contributed by atoms with Gasteiger partial charge in [0.25, 0.3) is 5.91 Å². The molecule has 1 fully saturated rings. The van der Waals surface area contributed by atoms with E-state index in [-0.39, 0.29) is 0 Å².